The van der Waals surface area contributed by atoms with Gasteiger partial charge in [0.15, 0.2) is 0 Å². The Morgan fingerprint density at radius 3 is 2.84 bits per heavy atom. The van der Waals surface area contributed by atoms with E-state index >= 15 is 0 Å². The van der Waals surface area contributed by atoms with Crippen molar-refractivity contribution < 1.29 is 0 Å². The highest BCUT2D eigenvalue weighted by atomic mass is 35.5. The molecule has 0 saturated carbocycles. The van der Waals surface area contributed by atoms with Gasteiger partial charge in [0.2, 0.25) is 0 Å². The van der Waals surface area contributed by atoms with E-state index in [-0.39, 0.29) is 0 Å². The Morgan fingerprint density at radius 2 is 2.26 bits per heavy atom. The van der Waals surface area contributed by atoms with Gasteiger partial charge in [-0.25, -0.2) is 4.68 Å². The minimum Gasteiger partial charge on any atom is -0.381 e. The third-order valence-electron chi connectivity index (χ3n) is 2.77. The SMILES string of the molecule is C=Cn1cc(CNc2ccc(N(C)C)c(Cl)c2)cn1. The van der Waals surface area contributed by atoms with Crippen molar-refractivity contribution in [1.82, 2.24) is 9.78 Å². The largest absolute Gasteiger partial charge is 0.381 e. The van der Waals surface area contributed by atoms with Gasteiger partial charge in [-0.3, -0.25) is 0 Å². The van der Waals surface area contributed by atoms with Crippen molar-refractivity contribution in [2.24, 2.45) is 0 Å². The van der Waals surface area contributed by atoms with Gasteiger partial charge in [0, 0.05) is 44.3 Å². The van der Waals surface area contributed by atoms with Gasteiger partial charge < -0.3 is 10.2 Å². The van der Waals surface area contributed by atoms with Crippen molar-refractivity contribution in [3.63, 3.8) is 0 Å². The molecule has 0 unspecified atom stereocenters. The van der Waals surface area contributed by atoms with Crippen LogP contribution in [0.1, 0.15) is 5.56 Å². The first-order chi connectivity index (χ1) is 9.10. The third kappa shape index (κ3) is 3.29. The van der Waals surface area contributed by atoms with Crippen LogP contribution in [0.2, 0.25) is 5.02 Å². The van der Waals surface area contributed by atoms with Gasteiger partial charge in [-0.05, 0) is 18.2 Å². The first-order valence-corrected chi connectivity index (χ1v) is 6.34. The summed E-state index contributed by atoms with van der Waals surface area (Å²) in [6.45, 7) is 4.36. The lowest BCUT2D eigenvalue weighted by Crippen LogP contribution is -2.09. The maximum Gasteiger partial charge on any atom is 0.0659 e. The molecule has 0 amide bonds. The maximum atomic E-state index is 6.22. The molecule has 1 aromatic heterocycles. The fourth-order valence-electron chi connectivity index (χ4n) is 1.75. The Kier molecular flexibility index (Phi) is 4.12. The Bertz CT molecular complexity index is 575. The fourth-order valence-corrected chi connectivity index (χ4v) is 2.10. The van der Waals surface area contributed by atoms with E-state index in [4.69, 9.17) is 11.6 Å². The molecule has 1 N–H and O–H groups in total. The highest BCUT2D eigenvalue weighted by Crippen LogP contribution is 2.27. The number of nitrogens with zero attached hydrogens (tertiary/aromatic N) is 3. The van der Waals surface area contributed by atoms with Crippen molar-refractivity contribution >= 4 is 29.2 Å². The van der Waals surface area contributed by atoms with E-state index in [1.54, 1.807) is 10.9 Å². The summed E-state index contributed by atoms with van der Waals surface area (Å²) in [5.41, 5.74) is 3.08. The average molecular weight is 277 g/mol. The maximum absolute atomic E-state index is 6.22. The van der Waals surface area contributed by atoms with Gasteiger partial charge in [0.05, 0.1) is 16.9 Å². The van der Waals surface area contributed by atoms with Gasteiger partial charge in [0.25, 0.3) is 0 Å². The number of hydrogen-bond donors (Lipinski definition) is 1. The lowest BCUT2D eigenvalue weighted by molar-refractivity contribution is 0.936. The molecule has 0 radical (unpaired) electrons. The number of hydrogen-bond acceptors (Lipinski definition) is 3. The molecule has 0 saturated heterocycles. The Hall–Kier alpha value is -1.94. The minimum atomic E-state index is 0.700. The van der Waals surface area contributed by atoms with Gasteiger partial charge in [-0.2, -0.15) is 5.10 Å². The van der Waals surface area contributed by atoms with Crippen LogP contribution in [0.5, 0.6) is 0 Å². The number of aromatic nitrogens is 2. The van der Waals surface area contributed by atoms with Crippen molar-refractivity contribution in [3.05, 3.63) is 47.8 Å². The molecule has 0 spiro atoms. The van der Waals surface area contributed by atoms with Crippen molar-refractivity contribution in [2.75, 3.05) is 24.3 Å². The topological polar surface area (TPSA) is 33.1 Å². The molecule has 0 aliphatic rings. The Labute approximate surface area is 118 Å². The standard InChI is InChI=1S/C14H17ClN4/c1-4-19-10-11(9-17-19)8-16-12-5-6-14(18(2)3)13(15)7-12/h4-7,9-10,16H,1,8H2,2-3H3. The van der Waals surface area contributed by atoms with Crippen LogP contribution < -0.4 is 10.2 Å². The Morgan fingerprint density at radius 1 is 1.47 bits per heavy atom. The molecule has 5 heteroatoms. The predicted molar refractivity (Wildman–Crippen MR) is 81.7 cm³/mol. The lowest BCUT2D eigenvalue weighted by atomic mass is 10.2. The van der Waals surface area contributed by atoms with Gasteiger partial charge in [-0.1, -0.05) is 18.2 Å². The van der Waals surface area contributed by atoms with Crippen molar-refractivity contribution in [2.45, 2.75) is 6.54 Å². The number of nitrogens with one attached hydrogen (secondary N) is 1. The molecule has 2 rings (SSSR count). The molecule has 1 heterocycles. The van der Waals surface area contributed by atoms with E-state index in [2.05, 4.69) is 17.0 Å². The zero-order valence-corrected chi connectivity index (χ0v) is 11.9. The number of benzene rings is 1. The van der Waals surface area contributed by atoms with Crippen molar-refractivity contribution in [3.8, 4) is 0 Å². The van der Waals surface area contributed by atoms with E-state index in [0.29, 0.717) is 6.54 Å². The minimum absolute atomic E-state index is 0.700. The predicted octanol–water partition coefficient (Wildman–Crippen LogP) is 3.32. The molecule has 0 bridgehead atoms. The zero-order valence-electron chi connectivity index (χ0n) is 11.1. The molecule has 0 aliphatic carbocycles. The summed E-state index contributed by atoms with van der Waals surface area (Å²) in [5.74, 6) is 0. The molecule has 2 aromatic rings. The van der Waals surface area contributed by atoms with E-state index < -0.39 is 0 Å². The summed E-state index contributed by atoms with van der Waals surface area (Å²) in [4.78, 5) is 1.99. The van der Waals surface area contributed by atoms with Gasteiger partial charge in [-0.15, -0.1) is 0 Å². The van der Waals surface area contributed by atoms with Crippen LogP contribution >= 0.6 is 11.6 Å². The quantitative estimate of drug-likeness (QED) is 0.909. The second kappa shape index (κ2) is 5.80. The molecule has 19 heavy (non-hydrogen) atoms. The lowest BCUT2D eigenvalue weighted by Gasteiger charge is -2.15. The molecule has 4 nitrogen and oxygen atoms in total. The van der Waals surface area contributed by atoms with Crippen LogP contribution in [0.25, 0.3) is 6.20 Å². The second-order valence-corrected chi connectivity index (χ2v) is 4.83. The average Bonchev–Trinajstić information content (AvgIpc) is 2.84. The van der Waals surface area contributed by atoms with Crippen LogP contribution in [-0.4, -0.2) is 23.9 Å². The summed E-state index contributed by atoms with van der Waals surface area (Å²) in [6, 6.07) is 5.94. The number of halogens is 1. The molecule has 0 atom stereocenters. The summed E-state index contributed by atoms with van der Waals surface area (Å²) in [5, 5.41) is 8.18. The number of anilines is 2. The highest BCUT2D eigenvalue weighted by Gasteiger charge is 2.04. The van der Waals surface area contributed by atoms with Gasteiger partial charge in [0.1, 0.15) is 0 Å². The smallest absolute Gasteiger partial charge is 0.0659 e. The van der Waals surface area contributed by atoms with E-state index in [0.717, 1.165) is 22.0 Å². The summed E-state index contributed by atoms with van der Waals surface area (Å²) >= 11 is 6.22. The summed E-state index contributed by atoms with van der Waals surface area (Å²) in [6.07, 6.45) is 5.40. The van der Waals surface area contributed by atoms with Crippen LogP contribution in [0.3, 0.4) is 0 Å². The molecule has 1 aromatic carbocycles. The third-order valence-corrected chi connectivity index (χ3v) is 3.07. The zero-order chi connectivity index (χ0) is 13.8. The molecule has 0 fully saturated rings. The summed E-state index contributed by atoms with van der Waals surface area (Å²) < 4.78 is 1.68. The number of rotatable bonds is 5. The van der Waals surface area contributed by atoms with Crippen LogP contribution in [0, 0.1) is 0 Å². The molecule has 100 valence electrons. The van der Waals surface area contributed by atoms with Crippen LogP contribution in [0.4, 0.5) is 11.4 Å². The normalized spacial score (nSPS) is 10.3. The molecular formula is C14H17ClN4. The highest BCUT2D eigenvalue weighted by molar-refractivity contribution is 6.33. The van der Waals surface area contributed by atoms with Gasteiger partial charge >= 0.3 is 0 Å². The van der Waals surface area contributed by atoms with Crippen LogP contribution in [-0.2, 0) is 6.54 Å². The fraction of sp³-hybridized carbons (Fsp3) is 0.214. The first kappa shape index (κ1) is 13.5. The monoisotopic (exact) mass is 276 g/mol. The second-order valence-electron chi connectivity index (χ2n) is 4.43. The molecular weight excluding hydrogens is 260 g/mol. The van der Waals surface area contributed by atoms with Crippen molar-refractivity contribution in [1.29, 1.82) is 0 Å². The van der Waals surface area contributed by atoms with Crippen LogP contribution in [0.15, 0.2) is 37.2 Å². The Balaban J connectivity index is 2.03. The van der Waals surface area contributed by atoms with E-state index in [1.165, 1.54) is 0 Å². The van der Waals surface area contributed by atoms with E-state index in [9.17, 15) is 0 Å². The molecule has 0 aliphatic heterocycles. The first-order valence-electron chi connectivity index (χ1n) is 5.96. The summed E-state index contributed by atoms with van der Waals surface area (Å²) in [7, 11) is 3.94. The van der Waals surface area contributed by atoms with E-state index in [1.807, 2.05) is 49.6 Å².